The number of anilines is 1. The summed E-state index contributed by atoms with van der Waals surface area (Å²) < 4.78 is 0. The Labute approximate surface area is 121 Å². The molecule has 0 amide bonds. The monoisotopic (exact) mass is 290 g/mol. The molecule has 2 nitrogen and oxygen atoms in total. The van der Waals surface area contributed by atoms with Crippen LogP contribution in [0.5, 0.6) is 0 Å². The number of H-pyrrole nitrogens is 1. The van der Waals surface area contributed by atoms with Crippen LogP contribution < -0.4 is 5.32 Å². The molecule has 0 saturated carbocycles. The highest BCUT2D eigenvalue weighted by Gasteiger charge is 2.00. The lowest BCUT2D eigenvalue weighted by molar-refractivity contribution is 1.15. The van der Waals surface area contributed by atoms with Gasteiger partial charge < -0.3 is 10.3 Å². The standard InChI is InChI=1S/C15H12Cl2N2/c16-13-4-3-12(8-14(13)17)19-9-10-1-2-11-5-6-18-15(11)7-10/h1-8,18-19H,9H2. The minimum absolute atomic E-state index is 0.562. The summed E-state index contributed by atoms with van der Waals surface area (Å²) in [6.07, 6.45) is 1.95. The number of hydrogen-bond acceptors (Lipinski definition) is 1. The van der Waals surface area contributed by atoms with E-state index in [4.69, 9.17) is 23.2 Å². The molecular formula is C15H12Cl2N2. The van der Waals surface area contributed by atoms with Crippen molar-refractivity contribution in [3.63, 3.8) is 0 Å². The van der Waals surface area contributed by atoms with Gasteiger partial charge in [-0.15, -0.1) is 0 Å². The van der Waals surface area contributed by atoms with Crippen LogP contribution in [-0.4, -0.2) is 4.98 Å². The van der Waals surface area contributed by atoms with E-state index in [2.05, 4.69) is 34.6 Å². The minimum Gasteiger partial charge on any atom is -0.381 e. The average molecular weight is 291 g/mol. The Hall–Kier alpha value is -1.64. The molecule has 3 rings (SSSR count). The predicted molar refractivity (Wildman–Crippen MR) is 82.1 cm³/mol. The Morgan fingerprint density at radius 2 is 1.84 bits per heavy atom. The molecular weight excluding hydrogens is 279 g/mol. The van der Waals surface area contributed by atoms with Crippen molar-refractivity contribution in [3.05, 3.63) is 64.3 Å². The first-order valence-electron chi connectivity index (χ1n) is 5.97. The Morgan fingerprint density at radius 3 is 2.68 bits per heavy atom. The molecule has 0 bridgehead atoms. The lowest BCUT2D eigenvalue weighted by Gasteiger charge is -2.07. The van der Waals surface area contributed by atoms with Crippen molar-refractivity contribution in [2.24, 2.45) is 0 Å². The van der Waals surface area contributed by atoms with E-state index in [0.717, 1.165) is 17.7 Å². The molecule has 0 saturated heterocycles. The van der Waals surface area contributed by atoms with E-state index in [1.54, 1.807) is 6.07 Å². The van der Waals surface area contributed by atoms with Gasteiger partial charge in [0.2, 0.25) is 0 Å². The van der Waals surface area contributed by atoms with Crippen molar-refractivity contribution in [2.45, 2.75) is 6.54 Å². The molecule has 96 valence electrons. The SMILES string of the molecule is Clc1ccc(NCc2ccc3cc[nH]c3c2)cc1Cl. The van der Waals surface area contributed by atoms with Crippen LogP contribution in [0.3, 0.4) is 0 Å². The normalized spacial score (nSPS) is 10.8. The smallest absolute Gasteiger partial charge is 0.0612 e. The van der Waals surface area contributed by atoms with Gasteiger partial charge in [0.05, 0.1) is 10.0 Å². The van der Waals surface area contributed by atoms with Gasteiger partial charge in [-0.25, -0.2) is 0 Å². The number of aromatic nitrogens is 1. The molecule has 4 heteroatoms. The van der Waals surface area contributed by atoms with E-state index in [-0.39, 0.29) is 0 Å². The van der Waals surface area contributed by atoms with Crippen LogP contribution in [0.4, 0.5) is 5.69 Å². The topological polar surface area (TPSA) is 27.8 Å². The minimum atomic E-state index is 0.562. The fourth-order valence-electron chi connectivity index (χ4n) is 2.02. The molecule has 1 aromatic heterocycles. The zero-order valence-corrected chi connectivity index (χ0v) is 11.6. The van der Waals surface area contributed by atoms with E-state index in [9.17, 15) is 0 Å². The van der Waals surface area contributed by atoms with Gasteiger partial charge in [0.15, 0.2) is 0 Å². The molecule has 0 aliphatic rings. The first-order valence-corrected chi connectivity index (χ1v) is 6.73. The van der Waals surface area contributed by atoms with Gasteiger partial charge >= 0.3 is 0 Å². The van der Waals surface area contributed by atoms with Gasteiger partial charge in [-0.3, -0.25) is 0 Å². The summed E-state index contributed by atoms with van der Waals surface area (Å²) in [6, 6.07) is 14.0. The fourth-order valence-corrected chi connectivity index (χ4v) is 2.31. The predicted octanol–water partition coefficient (Wildman–Crippen LogP) is 5.09. The molecule has 0 atom stereocenters. The fraction of sp³-hybridized carbons (Fsp3) is 0.0667. The maximum Gasteiger partial charge on any atom is 0.0612 e. The number of benzene rings is 2. The molecule has 0 radical (unpaired) electrons. The van der Waals surface area contributed by atoms with Crippen LogP contribution in [0.25, 0.3) is 10.9 Å². The molecule has 0 unspecified atom stereocenters. The van der Waals surface area contributed by atoms with E-state index in [1.807, 2.05) is 18.3 Å². The second-order valence-electron chi connectivity index (χ2n) is 4.38. The van der Waals surface area contributed by atoms with Crippen molar-refractivity contribution in [2.75, 3.05) is 5.32 Å². The van der Waals surface area contributed by atoms with Crippen molar-refractivity contribution in [3.8, 4) is 0 Å². The van der Waals surface area contributed by atoms with Gasteiger partial charge in [0, 0.05) is 23.9 Å². The number of hydrogen-bond donors (Lipinski definition) is 2. The Kier molecular flexibility index (Phi) is 3.36. The van der Waals surface area contributed by atoms with Crippen LogP contribution in [0.1, 0.15) is 5.56 Å². The maximum atomic E-state index is 5.98. The molecule has 0 aliphatic heterocycles. The van der Waals surface area contributed by atoms with E-state index in [0.29, 0.717) is 10.0 Å². The molecule has 0 spiro atoms. The van der Waals surface area contributed by atoms with Crippen LogP contribution in [0, 0.1) is 0 Å². The quantitative estimate of drug-likeness (QED) is 0.691. The van der Waals surface area contributed by atoms with Gasteiger partial charge in [-0.1, -0.05) is 35.3 Å². The van der Waals surface area contributed by atoms with Gasteiger partial charge in [-0.2, -0.15) is 0 Å². The highest BCUT2D eigenvalue weighted by molar-refractivity contribution is 6.42. The largest absolute Gasteiger partial charge is 0.381 e. The van der Waals surface area contributed by atoms with Crippen LogP contribution in [0.15, 0.2) is 48.7 Å². The van der Waals surface area contributed by atoms with Crippen molar-refractivity contribution in [1.29, 1.82) is 0 Å². The average Bonchev–Trinajstić information content (AvgIpc) is 2.87. The molecule has 0 fully saturated rings. The molecule has 3 aromatic rings. The first kappa shape index (κ1) is 12.4. The number of halogens is 2. The second-order valence-corrected chi connectivity index (χ2v) is 5.20. The summed E-state index contributed by atoms with van der Waals surface area (Å²) >= 11 is 11.9. The number of rotatable bonds is 3. The van der Waals surface area contributed by atoms with Crippen molar-refractivity contribution >= 4 is 39.8 Å². The van der Waals surface area contributed by atoms with E-state index >= 15 is 0 Å². The third-order valence-corrected chi connectivity index (χ3v) is 3.77. The lowest BCUT2D eigenvalue weighted by atomic mass is 10.1. The number of aromatic amines is 1. The van der Waals surface area contributed by atoms with Crippen LogP contribution in [-0.2, 0) is 6.54 Å². The highest BCUT2D eigenvalue weighted by atomic mass is 35.5. The summed E-state index contributed by atoms with van der Waals surface area (Å²) in [4.78, 5) is 3.21. The summed E-state index contributed by atoms with van der Waals surface area (Å²) in [5, 5.41) is 5.68. The third-order valence-electron chi connectivity index (χ3n) is 3.04. The van der Waals surface area contributed by atoms with Crippen LogP contribution >= 0.6 is 23.2 Å². The Bertz CT molecular complexity index is 719. The van der Waals surface area contributed by atoms with Gasteiger partial charge in [-0.05, 0) is 41.3 Å². The number of fused-ring (bicyclic) bond motifs is 1. The Balaban J connectivity index is 1.75. The van der Waals surface area contributed by atoms with Crippen molar-refractivity contribution in [1.82, 2.24) is 4.98 Å². The summed E-state index contributed by atoms with van der Waals surface area (Å²) in [5.74, 6) is 0. The zero-order chi connectivity index (χ0) is 13.2. The molecule has 19 heavy (non-hydrogen) atoms. The summed E-state index contributed by atoms with van der Waals surface area (Å²) in [6.45, 7) is 0.743. The third kappa shape index (κ3) is 2.70. The van der Waals surface area contributed by atoms with Crippen molar-refractivity contribution < 1.29 is 0 Å². The maximum absolute atomic E-state index is 5.98. The Morgan fingerprint density at radius 1 is 0.947 bits per heavy atom. The lowest BCUT2D eigenvalue weighted by Crippen LogP contribution is -1.99. The number of nitrogens with one attached hydrogen (secondary N) is 2. The molecule has 1 heterocycles. The second kappa shape index (κ2) is 5.16. The highest BCUT2D eigenvalue weighted by Crippen LogP contribution is 2.25. The summed E-state index contributed by atoms with van der Waals surface area (Å²) in [5.41, 5.74) is 3.32. The first-order chi connectivity index (χ1) is 9.22. The van der Waals surface area contributed by atoms with Gasteiger partial charge in [0.1, 0.15) is 0 Å². The molecule has 2 N–H and O–H groups in total. The summed E-state index contributed by atoms with van der Waals surface area (Å²) in [7, 11) is 0. The molecule has 0 aliphatic carbocycles. The van der Waals surface area contributed by atoms with E-state index < -0.39 is 0 Å². The molecule has 2 aromatic carbocycles. The van der Waals surface area contributed by atoms with Crippen LogP contribution in [0.2, 0.25) is 10.0 Å². The van der Waals surface area contributed by atoms with Gasteiger partial charge in [0.25, 0.3) is 0 Å². The van der Waals surface area contributed by atoms with E-state index in [1.165, 1.54) is 10.9 Å². The zero-order valence-electron chi connectivity index (χ0n) is 10.1.